The van der Waals surface area contributed by atoms with Crippen LogP contribution in [0.3, 0.4) is 0 Å². The van der Waals surface area contributed by atoms with E-state index in [0.717, 1.165) is 22.4 Å². The van der Waals surface area contributed by atoms with Crippen LogP contribution < -0.4 is 25.0 Å². The first-order valence-corrected chi connectivity index (χ1v) is 11.6. The van der Waals surface area contributed by atoms with Crippen LogP contribution in [0.1, 0.15) is 35.2 Å². The van der Waals surface area contributed by atoms with E-state index in [1.165, 1.54) is 4.90 Å². The van der Waals surface area contributed by atoms with Gasteiger partial charge in [-0.2, -0.15) is 0 Å². The lowest BCUT2D eigenvalue weighted by atomic mass is 9.78. The van der Waals surface area contributed by atoms with Crippen LogP contribution in [0.2, 0.25) is 0 Å². The van der Waals surface area contributed by atoms with Crippen LogP contribution in [-0.4, -0.2) is 24.8 Å². The number of benzene rings is 3. The van der Waals surface area contributed by atoms with Crippen molar-refractivity contribution < 1.29 is 19.1 Å². The molecule has 0 radical (unpaired) electrons. The summed E-state index contributed by atoms with van der Waals surface area (Å²) in [5.41, 5.74) is 3.90. The topological polar surface area (TPSA) is 79.9 Å². The summed E-state index contributed by atoms with van der Waals surface area (Å²) in [5, 5.41) is 6.16. The minimum atomic E-state index is -1.31. The van der Waals surface area contributed by atoms with E-state index in [1.54, 1.807) is 14.0 Å². The Morgan fingerprint density at radius 3 is 2.46 bits per heavy atom. The first kappa shape index (κ1) is 22.8. The molecule has 0 unspecified atom stereocenters. The Balaban J connectivity index is 1.64. The molecule has 7 nitrogen and oxygen atoms in total. The van der Waals surface area contributed by atoms with E-state index in [9.17, 15) is 9.59 Å². The molecule has 0 aliphatic carbocycles. The summed E-state index contributed by atoms with van der Waals surface area (Å²) in [6.45, 7) is 7.75. The molecule has 0 aromatic heterocycles. The number of hydrogen-bond acceptors (Lipinski definition) is 4. The van der Waals surface area contributed by atoms with E-state index in [-0.39, 0.29) is 11.9 Å². The molecule has 0 saturated carbocycles. The van der Waals surface area contributed by atoms with Gasteiger partial charge in [0.1, 0.15) is 5.92 Å². The highest BCUT2D eigenvalue weighted by atomic mass is 16.5. The number of anilines is 2. The number of amides is 3. The highest BCUT2D eigenvalue weighted by Crippen LogP contribution is 2.52. The Labute approximate surface area is 205 Å². The number of rotatable bonds is 4. The standard InChI is InChI=1S/C28H29N3O4/c1-16-9-12-19(13-10-16)31-27(33)30-24-20-7-6-8-22(34-5)25(20)35-28(31,4)23(24)26(32)29-21-14-11-17(2)15-18(21)3/h6-15,23-24H,1-5H3,(H,29,32)(H,30,33)/t23-,24-,28+/m1/s1. The van der Waals surface area contributed by atoms with Crippen LogP contribution in [-0.2, 0) is 4.79 Å². The predicted molar refractivity (Wildman–Crippen MR) is 135 cm³/mol. The molecular formula is C28H29N3O4. The Morgan fingerprint density at radius 1 is 1.06 bits per heavy atom. The summed E-state index contributed by atoms with van der Waals surface area (Å²) in [5.74, 6) is 0.0824. The number of nitrogens with zero attached hydrogens (tertiary/aromatic N) is 1. The molecule has 0 spiro atoms. The molecule has 1 fully saturated rings. The second kappa shape index (κ2) is 8.34. The van der Waals surface area contributed by atoms with Crippen LogP contribution in [0.4, 0.5) is 16.2 Å². The van der Waals surface area contributed by atoms with Crippen molar-refractivity contribution in [3.05, 3.63) is 82.9 Å². The monoisotopic (exact) mass is 471 g/mol. The van der Waals surface area contributed by atoms with Crippen molar-refractivity contribution in [2.75, 3.05) is 17.3 Å². The third kappa shape index (κ3) is 3.67. The van der Waals surface area contributed by atoms with E-state index in [4.69, 9.17) is 9.47 Å². The van der Waals surface area contributed by atoms with Crippen LogP contribution in [0.5, 0.6) is 11.5 Å². The molecule has 7 heteroatoms. The third-order valence-electron chi connectivity index (χ3n) is 6.92. The Morgan fingerprint density at radius 2 is 1.77 bits per heavy atom. The molecule has 3 aromatic rings. The fourth-order valence-corrected chi connectivity index (χ4v) is 5.18. The Kier molecular flexibility index (Phi) is 5.43. The summed E-state index contributed by atoms with van der Waals surface area (Å²) in [6.07, 6.45) is 0. The van der Waals surface area contributed by atoms with Crippen molar-refractivity contribution in [2.24, 2.45) is 5.92 Å². The number of para-hydroxylation sites is 1. The van der Waals surface area contributed by atoms with Gasteiger partial charge in [-0.05, 0) is 57.5 Å². The SMILES string of the molecule is COc1cccc2c1O[C@@]1(C)[C@@H](C(=O)Nc3ccc(C)cc3C)[C@@H]2NC(=O)N1c1ccc(C)cc1. The van der Waals surface area contributed by atoms with E-state index >= 15 is 0 Å². The minimum absolute atomic E-state index is 0.241. The van der Waals surface area contributed by atoms with Gasteiger partial charge in [-0.3, -0.25) is 9.69 Å². The lowest BCUT2D eigenvalue weighted by Crippen LogP contribution is -2.72. The normalized spacial score (nSPS) is 22.5. The van der Waals surface area contributed by atoms with E-state index in [2.05, 4.69) is 10.6 Å². The summed E-state index contributed by atoms with van der Waals surface area (Å²) < 4.78 is 12.1. The van der Waals surface area contributed by atoms with Gasteiger partial charge in [0, 0.05) is 16.9 Å². The number of carbonyl (C=O) groups excluding carboxylic acids is 2. The zero-order valence-corrected chi connectivity index (χ0v) is 20.5. The number of aryl methyl sites for hydroxylation is 3. The van der Waals surface area contributed by atoms with Crippen molar-refractivity contribution in [3.63, 3.8) is 0 Å². The molecule has 3 atom stereocenters. The molecule has 35 heavy (non-hydrogen) atoms. The van der Waals surface area contributed by atoms with Gasteiger partial charge < -0.3 is 20.1 Å². The first-order valence-electron chi connectivity index (χ1n) is 11.6. The van der Waals surface area contributed by atoms with E-state index in [0.29, 0.717) is 22.7 Å². The molecule has 3 aromatic carbocycles. The second-order valence-electron chi connectivity index (χ2n) is 9.42. The number of urea groups is 1. The van der Waals surface area contributed by atoms with Crippen molar-refractivity contribution >= 4 is 23.3 Å². The molecule has 2 heterocycles. The van der Waals surface area contributed by atoms with Crippen molar-refractivity contribution in [1.82, 2.24) is 5.32 Å². The minimum Gasteiger partial charge on any atom is -0.493 e. The van der Waals surface area contributed by atoms with Crippen LogP contribution in [0, 0.1) is 26.7 Å². The van der Waals surface area contributed by atoms with Crippen molar-refractivity contribution in [3.8, 4) is 11.5 Å². The smallest absolute Gasteiger partial charge is 0.325 e. The molecule has 2 aliphatic rings. The zero-order valence-electron chi connectivity index (χ0n) is 20.5. The average molecular weight is 472 g/mol. The van der Waals surface area contributed by atoms with Gasteiger partial charge in [0.2, 0.25) is 11.6 Å². The molecule has 2 N–H and O–H groups in total. The molecule has 2 bridgehead atoms. The fourth-order valence-electron chi connectivity index (χ4n) is 5.18. The van der Waals surface area contributed by atoms with Gasteiger partial charge in [-0.15, -0.1) is 0 Å². The summed E-state index contributed by atoms with van der Waals surface area (Å²) >= 11 is 0. The molecule has 2 aliphatic heterocycles. The number of ether oxygens (including phenoxy) is 2. The van der Waals surface area contributed by atoms with Crippen molar-refractivity contribution in [2.45, 2.75) is 39.5 Å². The highest BCUT2D eigenvalue weighted by molar-refractivity contribution is 6.01. The fraction of sp³-hybridized carbons (Fsp3) is 0.286. The van der Waals surface area contributed by atoms with Gasteiger partial charge in [-0.25, -0.2) is 4.79 Å². The van der Waals surface area contributed by atoms with Crippen LogP contribution >= 0.6 is 0 Å². The Bertz CT molecular complexity index is 1320. The second-order valence-corrected chi connectivity index (χ2v) is 9.42. The number of methoxy groups -OCH3 is 1. The van der Waals surface area contributed by atoms with Gasteiger partial charge in [-0.1, -0.05) is 47.5 Å². The van der Waals surface area contributed by atoms with Gasteiger partial charge in [0.15, 0.2) is 11.5 Å². The van der Waals surface area contributed by atoms with Crippen molar-refractivity contribution in [1.29, 1.82) is 0 Å². The number of carbonyl (C=O) groups is 2. The molecule has 3 amide bonds. The molecule has 180 valence electrons. The molecule has 5 rings (SSSR count). The maximum Gasteiger partial charge on any atom is 0.325 e. The Hall–Kier alpha value is -4.00. The van der Waals surface area contributed by atoms with Crippen LogP contribution in [0.25, 0.3) is 0 Å². The number of hydrogen-bond donors (Lipinski definition) is 2. The lowest BCUT2D eigenvalue weighted by molar-refractivity contribution is -0.131. The summed E-state index contributed by atoms with van der Waals surface area (Å²) in [7, 11) is 1.58. The zero-order chi connectivity index (χ0) is 24.9. The van der Waals surface area contributed by atoms with E-state index in [1.807, 2.05) is 81.4 Å². The summed E-state index contributed by atoms with van der Waals surface area (Å²) in [4.78, 5) is 28.9. The van der Waals surface area contributed by atoms with Gasteiger partial charge in [0.05, 0.1) is 13.2 Å². The number of fused-ring (bicyclic) bond motifs is 4. The number of nitrogens with one attached hydrogen (secondary N) is 2. The maximum atomic E-state index is 13.9. The van der Waals surface area contributed by atoms with Gasteiger partial charge >= 0.3 is 6.03 Å². The quantitative estimate of drug-likeness (QED) is 0.544. The molecular weight excluding hydrogens is 442 g/mol. The van der Waals surface area contributed by atoms with Crippen LogP contribution in [0.15, 0.2) is 60.7 Å². The predicted octanol–water partition coefficient (Wildman–Crippen LogP) is 5.25. The highest BCUT2D eigenvalue weighted by Gasteiger charge is 2.60. The molecule has 1 saturated heterocycles. The van der Waals surface area contributed by atoms with E-state index < -0.39 is 17.7 Å². The largest absolute Gasteiger partial charge is 0.493 e. The maximum absolute atomic E-state index is 13.9. The lowest BCUT2D eigenvalue weighted by Gasteiger charge is -2.54. The van der Waals surface area contributed by atoms with Gasteiger partial charge in [0.25, 0.3) is 0 Å². The summed E-state index contributed by atoms with van der Waals surface area (Å²) in [6, 6.07) is 18.1. The average Bonchev–Trinajstić information content (AvgIpc) is 2.81. The third-order valence-corrected chi connectivity index (χ3v) is 6.92. The first-order chi connectivity index (χ1) is 16.7.